The summed E-state index contributed by atoms with van der Waals surface area (Å²) in [5.74, 6) is 1.36. The predicted molar refractivity (Wildman–Crippen MR) is 98.3 cm³/mol. The normalized spacial score (nSPS) is 12.0. The van der Waals surface area contributed by atoms with E-state index in [-0.39, 0.29) is 13.2 Å². The van der Waals surface area contributed by atoms with Gasteiger partial charge < -0.3 is 26.7 Å². The van der Waals surface area contributed by atoms with Crippen LogP contribution in [0, 0.1) is 13.8 Å². The zero-order valence-corrected chi connectivity index (χ0v) is 14.7. The maximum absolute atomic E-state index is 6.03. The van der Waals surface area contributed by atoms with Crippen LogP contribution in [0.2, 0.25) is 0 Å². The second-order valence-corrected chi connectivity index (χ2v) is 6.00. The van der Waals surface area contributed by atoms with E-state index in [2.05, 4.69) is 16.5 Å². The van der Waals surface area contributed by atoms with Gasteiger partial charge in [0.2, 0.25) is 0 Å². The minimum Gasteiger partial charge on any atom is -0.491 e. The smallest absolute Gasteiger partial charge is 0.130 e. The zero-order chi connectivity index (χ0) is 18.4. The van der Waals surface area contributed by atoms with Gasteiger partial charge in [0.1, 0.15) is 24.0 Å². The largest absolute Gasteiger partial charge is 0.491 e. The standard InChI is InChI=1S/C18H25N5O2/c1-11-4-14(22-17(20)6-11)8-24-10-16(19)13(3)25-9-15-5-12(2)7-18(21)23-15/h4-7,16H,3,8-10,19H2,1-2H3,(H2,20,22)(H2,21,23)/t16-/m0/s1. The first-order valence-corrected chi connectivity index (χ1v) is 7.94. The first-order chi connectivity index (χ1) is 11.8. The van der Waals surface area contributed by atoms with Crippen molar-refractivity contribution >= 4 is 11.6 Å². The van der Waals surface area contributed by atoms with E-state index in [9.17, 15) is 0 Å². The highest BCUT2D eigenvalue weighted by atomic mass is 16.5. The number of nitrogens with two attached hydrogens (primary N) is 3. The third-order valence-corrected chi connectivity index (χ3v) is 3.45. The van der Waals surface area contributed by atoms with E-state index in [0.717, 1.165) is 22.5 Å². The topological polar surface area (TPSA) is 122 Å². The number of nitrogens with zero attached hydrogens (tertiary/aromatic N) is 2. The fourth-order valence-electron chi connectivity index (χ4n) is 2.34. The van der Waals surface area contributed by atoms with Crippen molar-refractivity contribution in [1.82, 2.24) is 9.97 Å². The van der Waals surface area contributed by atoms with Crippen molar-refractivity contribution in [3.05, 3.63) is 59.1 Å². The lowest BCUT2D eigenvalue weighted by atomic mass is 10.2. The fourth-order valence-corrected chi connectivity index (χ4v) is 2.34. The van der Waals surface area contributed by atoms with Gasteiger partial charge >= 0.3 is 0 Å². The van der Waals surface area contributed by atoms with Gasteiger partial charge in [-0.3, -0.25) is 0 Å². The molecule has 2 heterocycles. The van der Waals surface area contributed by atoms with Gasteiger partial charge in [0, 0.05) is 0 Å². The van der Waals surface area contributed by atoms with Gasteiger partial charge in [0.15, 0.2) is 0 Å². The highest BCUT2D eigenvalue weighted by molar-refractivity contribution is 5.34. The van der Waals surface area contributed by atoms with Gasteiger partial charge in [0.25, 0.3) is 0 Å². The molecular weight excluding hydrogens is 318 g/mol. The summed E-state index contributed by atoms with van der Waals surface area (Å²) in [6, 6.07) is 6.96. The number of ether oxygens (including phenoxy) is 2. The summed E-state index contributed by atoms with van der Waals surface area (Å²) in [5.41, 5.74) is 21.0. The number of hydrogen-bond donors (Lipinski definition) is 3. The van der Waals surface area contributed by atoms with Crippen molar-refractivity contribution < 1.29 is 9.47 Å². The summed E-state index contributed by atoms with van der Waals surface area (Å²) >= 11 is 0. The number of anilines is 2. The molecule has 0 saturated carbocycles. The van der Waals surface area contributed by atoms with Crippen LogP contribution in [0.1, 0.15) is 22.5 Å². The molecule has 2 aromatic heterocycles. The number of aromatic nitrogens is 2. The Kier molecular flexibility index (Phi) is 6.32. The lowest BCUT2D eigenvalue weighted by molar-refractivity contribution is 0.0884. The average Bonchev–Trinajstić information content (AvgIpc) is 2.50. The molecule has 0 aliphatic carbocycles. The van der Waals surface area contributed by atoms with E-state index in [1.165, 1.54) is 0 Å². The monoisotopic (exact) mass is 343 g/mol. The highest BCUT2D eigenvalue weighted by Crippen LogP contribution is 2.11. The van der Waals surface area contributed by atoms with Crippen LogP contribution in [-0.2, 0) is 22.7 Å². The number of aryl methyl sites for hydroxylation is 2. The first kappa shape index (κ1) is 18.7. The Morgan fingerprint density at radius 2 is 1.52 bits per heavy atom. The summed E-state index contributed by atoms with van der Waals surface area (Å²) in [5, 5.41) is 0. The van der Waals surface area contributed by atoms with Crippen LogP contribution in [0.25, 0.3) is 0 Å². The molecule has 0 aromatic carbocycles. The molecule has 2 aromatic rings. The van der Waals surface area contributed by atoms with Crippen LogP contribution in [-0.4, -0.2) is 22.6 Å². The molecule has 1 atom stereocenters. The molecule has 0 saturated heterocycles. The summed E-state index contributed by atoms with van der Waals surface area (Å²) in [6.45, 7) is 8.59. The minimum atomic E-state index is -0.454. The Labute approximate surface area is 147 Å². The summed E-state index contributed by atoms with van der Waals surface area (Å²) in [7, 11) is 0. The van der Waals surface area contributed by atoms with Crippen molar-refractivity contribution in [2.75, 3.05) is 18.1 Å². The van der Waals surface area contributed by atoms with Crippen LogP contribution in [0.5, 0.6) is 0 Å². The lowest BCUT2D eigenvalue weighted by Gasteiger charge is -2.16. The Morgan fingerprint density at radius 3 is 2.04 bits per heavy atom. The maximum Gasteiger partial charge on any atom is 0.130 e. The summed E-state index contributed by atoms with van der Waals surface area (Å²) in [4.78, 5) is 8.41. The molecule has 2 rings (SSSR count). The van der Waals surface area contributed by atoms with Crippen molar-refractivity contribution in [3.8, 4) is 0 Å². The van der Waals surface area contributed by atoms with Crippen molar-refractivity contribution in [1.29, 1.82) is 0 Å². The molecule has 0 fully saturated rings. The van der Waals surface area contributed by atoms with E-state index < -0.39 is 6.04 Å². The summed E-state index contributed by atoms with van der Waals surface area (Å²) < 4.78 is 11.2. The Bertz CT molecular complexity index is 708. The highest BCUT2D eigenvalue weighted by Gasteiger charge is 2.10. The molecule has 0 amide bonds. The third-order valence-electron chi connectivity index (χ3n) is 3.45. The number of pyridine rings is 2. The van der Waals surface area contributed by atoms with Gasteiger partial charge in [-0.2, -0.15) is 0 Å². The van der Waals surface area contributed by atoms with Crippen LogP contribution >= 0.6 is 0 Å². The SMILES string of the molecule is C=C(OCc1cc(C)cc(N)n1)[C@@H](N)COCc1cc(C)cc(N)n1. The van der Waals surface area contributed by atoms with Crippen LogP contribution in [0.4, 0.5) is 11.6 Å². The van der Waals surface area contributed by atoms with E-state index in [0.29, 0.717) is 24.0 Å². The molecular formula is C18H25N5O2. The van der Waals surface area contributed by atoms with E-state index in [1.54, 1.807) is 12.1 Å². The zero-order valence-electron chi connectivity index (χ0n) is 14.7. The van der Waals surface area contributed by atoms with E-state index in [4.69, 9.17) is 26.7 Å². The number of nitrogen functional groups attached to an aromatic ring is 2. The van der Waals surface area contributed by atoms with Crippen molar-refractivity contribution in [2.45, 2.75) is 33.1 Å². The van der Waals surface area contributed by atoms with E-state index >= 15 is 0 Å². The van der Waals surface area contributed by atoms with Gasteiger partial charge in [-0.25, -0.2) is 9.97 Å². The van der Waals surface area contributed by atoms with Gasteiger partial charge in [-0.15, -0.1) is 0 Å². The van der Waals surface area contributed by atoms with Crippen molar-refractivity contribution in [3.63, 3.8) is 0 Å². The lowest BCUT2D eigenvalue weighted by Crippen LogP contribution is -2.29. The maximum atomic E-state index is 6.03. The molecule has 25 heavy (non-hydrogen) atoms. The third kappa shape index (κ3) is 6.06. The Hall–Kier alpha value is -2.64. The molecule has 0 aliphatic rings. The van der Waals surface area contributed by atoms with Crippen LogP contribution in [0.3, 0.4) is 0 Å². The molecule has 0 aliphatic heterocycles. The molecule has 0 spiro atoms. The molecule has 7 heteroatoms. The first-order valence-electron chi connectivity index (χ1n) is 7.94. The molecule has 134 valence electrons. The second kappa shape index (κ2) is 8.46. The quantitative estimate of drug-likeness (QED) is 0.625. The van der Waals surface area contributed by atoms with E-state index in [1.807, 2.05) is 26.0 Å². The summed E-state index contributed by atoms with van der Waals surface area (Å²) in [6.07, 6.45) is 0. The second-order valence-electron chi connectivity index (χ2n) is 6.00. The predicted octanol–water partition coefficient (Wildman–Crippen LogP) is 1.83. The number of hydrogen-bond acceptors (Lipinski definition) is 7. The van der Waals surface area contributed by atoms with Crippen LogP contribution in [0.15, 0.2) is 36.6 Å². The molecule has 7 nitrogen and oxygen atoms in total. The Morgan fingerprint density at radius 1 is 1.00 bits per heavy atom. The average molecular weight is 343 g/mol. The van der Waals surface area contributed by atoms with Gasteiger partial charge in [0.05, 0.1) is 30.6 Å². The van der Waals surface area contributed by atoms with Gasteiger partial charge in [-0.05, 0) is 49.2 Å². The molecule has 0 unspecified atom stereocenters. The molecule has 0 bridgehead atoms. The minimum absolute atomic E-state index is 0.258. The molecule has 6 N–H and O–H groups in total. The fraction of sp³-hybridized carbons (Fsp3) is 0.333. The van der Waals surface area contributed by atoms with Crippen LogP contribution < -0.4 is 17.2 Å². The van der Waals surface area contributed by atoms with Gasteiger partial charge in [-0.1, -0.05) is 6.58 Å². The Balaban J connectivity index is 1.78. The molecule has 0 radical (unpaired) electrons. The van der Waals surface area contributed by atoms with Crippen molar-refractivity contribution in [2.24, 2.45) is 5.73 Å². The number of rotatable bonds is 8.